The van der Waals surface area contributed by atoms with E-state index in [4.69, 9.17) is 16.6 Å². The molecule has 0 unspecified atom stereocenters. The molecule has 0 aromatic heterocycles. The minimum absolute atomic E-state index is 0.216. The Morgan fingerprint density at radius 3 is 1.56 bits per heavy atom. The fourth-order valence-electron chi connectivity index (χ4n) is 1.25. The third-order valence-corrected chi connectivity index (χ3v) is 2.32. The van der Waals surface area contributed by atoms with Crippen LogP contribution in [0.15, 0.2) is 48.5 Å². The van der Waals surface area contributed by atoms with Crippen molar-refractivity contribution in [2.75, 3.05) is 0 Å². The lowest BCUT2D eigenvalue weighted by atomic mass is 10.2. The highest BCUT2D eigenvalue weighted by molar-refractivity contribution is 5.25. The van der Waals surface area contributed by atoms with Crippen molar-refractivity contribution in [1.29, 1.82) is 0 Å². The molecule has 96 valence electrons. The quantitative estimate of drug-likeness (QED) is 0.761. The SMILES string of the molecule is NCc1ccc(O)cc1.NCc1ccc([18F])cc1. The van der Waals surface area contributed by atoms with E-state index >= 15 is 0 Å². The summed E-state index contributed by atoms with van der Waals surface area (Å²) in [7, 11) is 0. The van der Waals surface area contributed by atoms with Gasteiger partial charge in [0.1, 0.15) is 11.6 Å². The Hall–Kier alpha value is -1.91. The molecule has 3 nitrogen and oxygen atoms in total. The smallest absolute Gasteiger partial charge is 0.123 e. The molecule has 0 aliphatic carbocycles. The van der Waals surface area contributed by atoms with Gasteiger partial charge in [0.15, 0.2) is 0 Å². The van der Waals surface area contributed by atoms with Crippen molar-refractivity contribution in [2.45, 2.75) is 13.1 Å². The van der Waals surface area contributed by atoms with Crippen LogP contribution in [0.5, 0.6) is 5.75 Å². The Morgan fingerprint density at radius 1 is 0.778 bits per heavy atom. The summed E-state index contributed by atoms with van der Waals surface area (Å²) in [5.41, 5.74) is 12.6. The molecule has 0 saturated heterocycles. The van der Waals surface area contributed by atoms with Gasteiger partial charge in [-0.2, -0.15) is 0 Å². The zero-order chi connectivity index (χ0) is 13.4. The van der Waals surface area contributed by atoms with Crippen molar-refractivity contribution in [3.8, 4) is 5.75 Å². The van der Waals surface area contributed by atoms with E-state index in [1.165, 1.54) is 12.1 Å². The maximum Gasteiger partial charge on any atom is 0.123 e. The van der Waals surface area contributed by atoms with Crippen LogP contribution in [0.25, 0.3) is 0 Å². The monoisotopic (exact) mass is 247 g/mol. The molecule has 2 aromatic rings. The van der Waals surface area contributed by atoms with Crippen molar-refractivity contribution in [3.63, 3.8) is 0 Å². The molecule has 4 heteroatoms. The second kappa shape index (κ2) is 7.42. The van der Waals surface area contributed by atoms with Crippen LogP contribution in [0.4, 0.5) is 4.39 Å². The molecule has 0 aliphatic rings. The van der Waals surface area contributed by atoms with E-state index in [9.17, 15) is 4.39 Å². The Kier molecular flexibility index (Phi) is 5.84. The van der Waals surface area contributed by atoms with E-state index in [2.05, 4.69) is 0 Å². The summed E-state index contributed by atoms with van der Waals surface area (Å²) >= 11 is 0. The van der Waals surface area contributed by atoms with Crippen molar-refractivity contribution < 1.29 is 9.50 Å². The number of phenolic OH excluding ortho intramolecular Hbond substituents is 1. The lowest BCUT2D eigenvalue weighted by Crippen LogP contribution is -1.94. The van der Waals surface area contributed by atoms with E-state index in [1.54, 1.807) is 36.4 Å². The highest BCUT2D eigenvalue weighted by atomic mass is 18.2. The Morgan fingerprint density at radius 2 is 1.17 bits per heavy atom. The van der Waals surface area contributed by atoms with Crippen LogP contribution in [0.2, 0.25) is 0 Å². The summed E-state index contributed by atoms with van der Waals surface area (Å²) in [5, 5.41) is 8.81. The maximum absolute atomic E-state index is 12.2. The van der Waals surface area contributed by atoms with Crippen LogP contribution in [-0.4, -0.2) is 5.11 Å². The number of nitrogens with two attached hydrogens (primary N) is 2. The van der Waals surface area contributed by atoms with E-state index in [0.29, 0.717) is 13.1 Å². The number of benzene rings is 2. The van der Waals surface area contributed by atoms with Gasteiger partial charge in [0, 0.05) is 13.1 Å². The molecule has 0 fully saturated rings. The van der Waals surface area contributed by atoms with Crippen LogP contribution in [0, 0.1) is 5.82 Å². The molecule has 0 aliphatic heterocycles. The molecule has 0 heterocycles. The zero-order valence-electron chi connectivity index (χ0n) is 10.0. The normalized spacial score (nSPS) is 9.50. The largest absolute Gasteiger partial charge is 0.508 e. The summed E-state index contributed by atoms with van der Waals surface area (Å²) in [6.45, 7) is 1.00. The molecule has 0 bridgehead atoms. The van der Waals surface area contributed by atoms with E-state index < -0.39 is 0 Å². The molecule has 0 radical (unpaired) electrons. The minimum Gasteiger partial charge on any atom is -0.508 e. The Balaban J connectivity index is 0.000000180. The van der Waals surface area contributed by atoms with Gasteiger partial charge in [0.25, 0.3) is 0 Å². The first kappa shape index (κ1) is 14.2. The molecule has 2 aromatic carbocycles. The van der Waals surface area contributed by atoms with Gasteiger partial charge in [0.05, 0.1) is 0 Å². The fraction of sp³-hybridized carbons (Fsp3) is 0.143. The molecular formula is C14H17FN2O. The minimum atomic E-state index is -0.216. The molecule has 2 rings (SSSR count). The summed E-state index contributed by atoms with van der Waals surface area (Å²) < 4.78 is 12.2. The van der Waals surface area contributed by atoms with Gasteiger partial charge in [-0.25, -0.2) is 4.39 Å². The molecule has 0 saturated carbocycles. The van der Waals surface area contributed by atoms with E-state index in [-0.39, 0.29) is 11.6 Å². The maximum atomic E-state index is 12.2. The Bertz CT molecular complexity index is 409. The first-order valence-corrected chi connectivity index (χ1v) is 5.58. The van der Waals surface area contributed by atoms with Crippen molar-refractivity contribution in [1.82, 2.24) is 0 Å². The molecule has 0 spiro atoms. The number of halogens is 1. The standard InChI is InChI=1S/C7H8FN.C7H9NO/c8-7-3-1-6(5-9)2-4-7;8-5-6-1-3-7(9)4-2-6/h1-4H,5,9H2;1-4,9H,5,8H2/i8-1;. The summed E-state index contributed by atoms with van der Waals surface area (Å²) in [5.74, 6) is 0.0689. The van der Waals surface area contributed by atoms with Crippen LogP contribution in [-0.2, 0) is 13.1 Å². The molecule has 0 amide bonds. The number of hydrogen-bond donors (Lipinski definition) is 3. The van der Waals surface area contributed by atoms with Gasteiger partial charge in [-0.3, -0.25) is 0 Å². The lowest BCUT2D eigenvalue weighted by Gasteiger charge is -1.93. The second-order valence-corrected chi connectivity index (χ2v) is 3.70. The predicted molar refractivity (Wildman–Crippen MR) is 70.3 cm³/mol. The first-order valence-electron chi connectivity index (χ1n) is 5.58. The predicted octanol–water partition coefficient (Wildman–Crippen LogP) is 2.14. The van der Waals surface area contributed by atoms with Gasteiger partial charge in [0.2, 0.25) is 0 Å². The number of hydrogen-bond acceptors (Lipinski definition) is 3. The highest BCUT2D eigenvalue weighted by Crippen LogP contribution is 2.08. The topological polar surface area (TPSA) is 72.3 Å². The Labute approximate surface area is 106 Å². The zero-order valence-corrected chi connectivity index (χ0v) is 10.0. The van der Waals surface area contributed by atoms with Crippen LogP contribution in [0.1, 0.15) is 11.1 Å². The van der Waals surface area contributed by atoms with Crippen molar-refractivity contribution >= 4 is 0 Å². The molecule has 5 N–H and O–H groups in total. The molecular weight excluding hydrogens is 230 g/mol. The van der Waals surface area contributed by atoms with Crippen molar-refractivity contribution in [2.24, 2.45) is 11.5 Å². The first-order chi connectivity index (χ1) is 8.65. The summed E-state index contributed by atoms with van der Waals surface area (Å²) in [4.78, 5) is 0. The van der Waals surface area contributed by atoms with E-state index in [1.807, 2.05) is 0 Å². The third-order valence-electron chi connectivity index (χ3n) is 2.32. The van der Waals surface area contributed by atoms with Gasteiger partial charge in [-0.1, -0.05) is 24.3 Å². The number of phenols is 1. The van der Waals surface area contributed by atoms with Gasteiger partial charge in [-0.15, -0.1) is 0 Å². The van der Waals surface area contributed by atoms with Gasteiger partial charge < -0.3 is 16.6 Å². The van der Waals surface area contributed by atoms with Crippen LogP contribution in [0.3, 0.4) is 0 Å². The molecule has 18 heavy (non-hydrogen) atoms. The second-order valence-electron chi connectivity index (χ2n) is 3.70. The van der Waals surface area contributed by atoms with Crippen LogP contribution >= 0.6 is 0 Å². The summed E-state index contributed by atoms with van der Waals surface area (Å²) in [6.07, 6.45) is 0. The summed E-state index contributed by atoms with van der Waals surface area (Å²) in [6, 6.07) is 13.0. The third kappa shape index (κ3) is 4.95. The number of rotatable bonds is 2. The highest BCUT2D eigenvalue weighted by Gasteiger charge is 1.88. The average molecular weight is 247 g/mol. The van der Waals surface area contributed by atoms with Gasteiger partial charge >= 0.3 is 0 Å². The van der Waals surface area contributed by atoms with Crippen molar-refractivity contribution in [3.05, 3.63) is 65.5 Å². The number of aromatic hydroxyl groups is 1. The van der Waals surface area contributed by atoms with Gasteiger partial charge in [-0.05, 0) is 35.4 Å². The lowest BCUT2D eigenvalue weighted by molar-refractivity contribution is 0.475. The fourth-order valence-corrected chi connectivity index (χ4v) is 1.25. The molecule has 0 atom stereocenters. The average Bonchev–Trinajstić information content (AvgIpc) is 2.41. The van der Waals surface area contributed by atoms with E-state index in [0.717, 1.165) is 11.1 Å². The van der Waals surface area contributed by atoms with Crippen LogP contribution < -0.4 is 11.5 Å².